The van der Waals surface area contributed by atoms with Gasteiger partial charge < -0.3 is 14.2 Å². The fraction of sp³-hybridized carbons (Fsp3) is 0.381. The van der Waals surface area contributed by atoms with Crippen LogP contribution in [0, 0.1) is 0 Å². The average molecular weight is 390 g/mol. The normalized spacial score (nSPS) is 11.4. The van der Waals surface area contributed by atoms with Crippen molar-refractivity contribution in [3.63, 3.8) is 0 Å². The number of carbonyl (C=O) groups is 1. The van der Waals surface area contributed by atoms with Crippen molar-refractivity contribution in [3.05, 3.63) is 71.8 Å². The monoisotopic (exact) mass is 390 g/mol. The maximum Gasteiger partial charge on any atom is 0.331 e. The largest absolute Gasteiger partial charge is 0.481 e. The van der Waals surface area contributed by atoms with Gasteiger partial charge in [-0.15, -0.1) is 0 Å². The summed E-state index contributed by atoms with van der Waals surface area (Å²) in [7, 11) is -3.23. The van der Waals surface area contributed by atoms with Crippen molar-refractivity contribution >= 4 is 13.6 Å². The van der Waals surface area contributed by atoms with Crippen LogP contribution >= 0.6 is 7.60 Å². The molecule has 0 aromatic heterocycles. The molecule has 2 rings (SSSR count). The third-order valence-corrected chi connectivity index (χ3v) is 6.02. The van der Waals surface area contributed by atoms with Crippen molar-refractivity contribution in [3.8, 4) is 0 Å². The molecule has 27 heavy (non-hydrogen) atoms. The highest BCUT2D eigenvalue weighted by Gasteiger charge is 2.24. The van der Waals surface area contributed by atoms with Crippen LogP contribution in [0.5, 0.6) is 0 Å². The molecule has 0 heterocycles. The Kier molecular flexibility index (Phi) is 9.26. The molecule has 0 spiro atoms. The molecule has 0 fully saturated rings. The summed E-state index contributed by atoms with van der Waals surface area (Å²) in [5.41, 5.74) is 1.89. The maximum absolute atomic E-state index is 13.2. The van der Waals surface area contributed by atoms with Crippen molar-refractivity contribution in [1.82, 2.24) is 0 Å². The van der Waals surface area contributed by atoms with Crippen LogP contribution in [-0.2, 0) is 31.6 Å². The molecule has 2 aromatic rings. The van der Waals surface area contributed by atoms with E-state index in [1.54, 1.807) is 0 Å². The van der Waals surface area contributed by atoms with Crippen LogP contribution in [0.25, 0.3) is 0 Å². The van der Waals surface area contributed by atoms with Gasteiger partial charge in [-0.05, 0) is 24.0 Å². The second kappa shape index (κ2) is 11.7. The van der Waals surface area contributed by atoms with Crippen molar-refractivity contribution in [2.75, 3.05) is 6.16 Å². The van der Waals surface area contributed by atoms with E-state index in [1.165, 1.54) is 0 Å². The molecule has 0 atom stereocenters. The first kappa shape index (κ1) is 21.4. The van der Waals surface area contributed by atoms with E-state index in [0.29, 0.717) is 19.0 Å². The zero-order chi connectivity index (χ0) is 19.4. The molecule has 0 bridgehead atoms. The van der Waals surface area contributed by atoms with Crippen molar-refractivity contribution < 1.29 is 23.5 Å². The summed E-state index contributed by atoms with van der Waals surface area (Å²) in [6, 6.07) is 19.2. The molecule has 0 saturated carbocycles. The van der Waals surface area contributed by atoms with E-state index in [0.717, 1.165) is 24.0 Å². The van der Waals surface area contributed by atoms with Gasteiger partial charge in [-0.1, -0.05) is 73.5 Å². The zero-order valence-corrected chi connectivity index (χ0v) is 16.4. The molecule has 0 radical (unpaired) electrons. The van der Waals surface area contributed by atoms with E-state index in [1.807, 2.05) is 60.7 Å². The number of carboxylic acids is 1. The number of rotatable bonds is 13. The van der Waals surface area contributed by atoms with Crippen molar-refractivity contribution in [1.29, 1.82) is 0 Å². The third kappa shape index (κ3) is 9.00. The molecule has 146 valence electrons. The van der Waals surface area contributed by atoms with Crippen LogP contribution in [0.2, 0.25) is 0 Å². The fourth-order valence-electron chi connectivity index (χ4n) is 2.60. The topological polar surface area (TPSA) is 72.8 Å². The summed E-state index contributed by atoms with van der Waals surface area (Å²) in [5.74, 6) is -0.780. The minimum atomic E-state index is -3.23. The molecule has 5 nitrogen and oxygen atoms in total. The maximum atomic E-state index is 13.2. The summed E-state index contributed by atoms with van der Waals surface area (Å²) in [4.78, 5) is 10.5. The van der Waals surface area contributed by atoms with Crippen molar-refractivity contribution in [2.45, 2.75) is 45.3 Å². The summed E-state index contributed by atoms with van der Waals surface area (Å²) in [5, 5.41) is 8.67. The number of carboxylic acid groups (broad SMARTS) is 1. The van der Waals surface area contributed by atoms with Crippen molar-refractivity contribution in [2.24, 2.45) is 0 Å². The first-order valence-corrected chi connectivity index (χ1v) is 11.0. The van der Waals surface area contributed by atoms with Gasteiger partial charge in [-0.25, -0.2) is 0 Å². The Morgan fingerprint density at radius 2 is 1.26 bits per heavy atom. The highest BCUT2D eigenvalue weighted by Crippen LogP contribution is 2.50. The Labute approximate surface area is 160 Å². The second-order valence-electron chi connectivity index (χ2n) is 6.41. The molecule has 0 amide bonds. The van der Waals surface area contributed by atoms with Gasteiger partial charge in [0, 0.05) is 6.42 Å². The standard InChI is InChI=1S/C21H27O5P/c22-21(23)15-9-1-2-10-16-27(24,25-17-19-11-5-3-6-12-19)26-18-20-13-7-4-8-14-20/h3-8,11-14H,1-2,9-10,15-18H2,(H,22,23). The number of hydrogen-bond acceptors (Lipinski definition) is 4. The lowest BCUT2D eigenvalue weighted by Gasteiger charge is -2.19. The van der Waals surface area contributed by atoms with Gasteiger partial charge in [-0.2, -0.15) is 0 Å². The molecule has 6 heteroatoms. The second-order valence-corrected chi connectivity index (χ2v) is 8.60. The average Bonchev–Trinajstić information content (AvgIpc) is 2.69. The number of benzene rings is 2. The van der Waals surface area contributed by atoms with E-state index in [2.05, 4.69) is 0 Å². The van der Waals surface area contributed by atoms with Crippen LogP contribution in [-0.4, -0.2) is 17.2 Å². The zero-order valence-electron chi connectivity index (χ0n) is 15.5. The lowest BCUT2D eigenvalue weighted by molar-refractivity contribution is -0.137. The molecule has 2 aromatic carbocycles. The Bertz CT molecular complexity index is 670. The van der Waals surface area contributed by atoms with Gasteiger partial charge in [-0.3, -0.25) is 9.36 Å². The minimum absolute atomic E-state index is 0.173. The third-order valence-electron chi connectivity index (χ3n) is 4.11. The number of aliphatic carboxylic acids is 1. The minimum Gasteiger partial charge on any atom is -0.481 e. The Morgan fingerprint density at radius 1 is 0.778 bits per heavy atom. The molecule has 1 N–H and O–H groups in total. The predicted octanol–water partition coefficient (Wildman–Crippen LogP) is 5.65. The fourth-order valence-corrected chi connectivity index (χ4v) is 4.23. The lowest BCUT2D eigenvalue weighted by Crippen LogP contribution is -2.02. The highest BCUT2D eigenvalue weighted by atomic mass is 31.2. The van der Waals surface area contributed by atoms with E-state index in [-0.39, 0.29) is 19.6 Å². The summed E-state index contributed by atoms with van der Waals surface area (Å²) in [6.07, 6.45) is 3.42. The molecule has 0 aliphatic heterocycles. The van der Waals surface area contributed by atoms with Crippen LogP contribution in [0.1, 0.15) is 43.2 Å². The first-order valence-electron chi connectivity index (χ1n) is 9.25. The Balaban J connectivity index is 1.86. The van der Waals surface area contributed by atoms with Crippen LogP contribution in [0.4, 0.5) is 0 Å². The summed E-state index contributed by atoms with van der Waals surface area (Å²) < 4.78 is 24.6. The Morgan fingerprint density at radius 3 is 1.74 bits per heavy atom. The van der Waals surface area contributed by atoms with Gasteiger partial charge in [0.25, 0.3) is 0 Å². The molecule has 0 unspecified atom stereocenters. The van der Waals surface area contributed by atoms with Gasteiger partial charge in [0.15, 0.2) is 0 Å². The number of hydrogen-bond donors (Lipinski definition) is 1. The summed E-state index contributed by atoms with van der Waals surface area (Å²) >= 11 is 0. The molecule has 0 aliphatic carbocycles. The van der Waals surface area contributed by atoms with Crippen LogP contribution < -0.4 is 0 Å². The quantitative estimate of drug-likeness (QED) is 0.353. The van der Waals surface area contributed by atoms with Gasteiger partial charge in [0.1, 0.15) is 0 Å². The van der Waals surface area contributed by atoms with Gasteiger partial charge in [0.2, 0.25) is 0 Å². The summed E-state index contributed by atoms with van der Waals surface area (Å²) in [6.45, 7) is 0.484. The molecular weight excluding hydrogens is 363 g/mol. The van der Waals surface area contributed by atoms with Crippen LogP contribution in [0.15, 0.2) is 60.7 Å². The SMILES string of the molecule is O=C(O)CCCCCCP(=O)(OCc1ccccc1)OCc1ccccc1. The van der Waals surface area contributed by atoms with E-state index < -0.39 is 13.6 Å². The molecule has 0 aliphatic rings. The Hall–Kier alpha value is -1.94. The smallest absolute Gasteiger partial charge is 0.331 e. The lowest BCUT2D eigenvalue weighted by atomic mass is 10.2. The van der Waals surface area contributed by atoms with Gasteiger partial charge in [0.05, 0.1) is 19.4 Å². The van der Waals surface area contributed by atoms with Crippen LogP contribution in [0.3, 0.4) is 0 Å². The van der Waals surface area contributed by atoms with Gasteiger partial charge >= 0.3 is 13.6 Å². The van der Waals surface area contributed by atoms with E-state index in [4.69, 9.17) is 14.2 Å². The number of unbranched alkanes of at least 4 members (excludes halogenated alkanes) is 3. The molecule has 0 saturated heterocycles. The van der Waals surface area contributed by atoms with E-state index in [9.17, 15) is 9.36 Å². The highest BCUT2D eigenvalue weighted by molar-refractivity contribution is 7.53. The predicted molar refractivity (Wildman–Crippen MR) is 106 cm³/mol. The molecular formula is C21H27O5P. The van der Waals surface area contributed by atoms with E-state index >= 15 is 0 Å². The first-order chi connectivity index (χ1) is 13.1.